The Morgan fingerprint density at radius 2 is 2.11 bits per heavy atom. The molecule has 4 heteroatoms. The number of nitrogens with two attached hydrogens (primary N) is 1. The van der Waals surface area contributed by atoms with Crippen LogP contribution in [0.2, 0.25) is 0 Å². The van der Waals surface area contributed by atoms with Crippen LogP contribution in [0.25, 0.3) is 0 Å². The van der Waals surface area contributed by atoms with E-state index in [0.29, 0.717) is 6.61 Å². The van der Waals surface area contributed by atoms with Crippen molar-refractivity contribution < 1.29 is 9.84 Å². The van der Waals surface area contributed by atoms with Crippen molar-refractivity contribution in [3.8, 4) is 5.75 Å². The molecule has 0 aliphatic carbocycles. The van der Waals surface area contributed by atoms with Crippen molar-refractivity contribution in [3.63, 3.8) is 0 Å². The molecule has 0 amide bonds. The maximum absolute atomic E-state index is 9.11. The third-order valence-corrected chi connectivity index (χ3v) is 2.66. The molecule has 0 aliphatic rings. The van der Waals surface area contributed by atoms with E-state index in [1.165, 1.54) is 0 Å². The highest BCUT2D eigenvalue weighted by Crippen LogP contribution is 2.24. The summed E-state index contributed by atoms with van der Waals surface area (Å²) in [6.45, 7) is 3.55. The van der Waals surface area contributed by atoms with Crippen LogP contribution in [-0.2, 0) is 6.54 Å². The molecule has 0 aromatic heterocycles. The summed E-state index contributed by atoms with van der Waals surface area (Å²) in [5, 5.41) is 9.11. The maximum atomic E-state index is 9.11. The van der Waals surface area contributed by atoms with Gasteiger partial charge < -0.3 is 20.5 Å². The van der Waals surface area contributed by atoms with Gasteiger partial charge in [0.25, 0.3) is 0 Å². The van der Waals surface area contributed by atoms with Gasteiger partial charge in [-0.05, 0) is 38.2 Å². The molecule has 1 rings (SSSR count). The second kappa shape index (κ2) is 7.36. The van der Waals surface area contributed by atoms with Crippen LogP contribution in [-0.4, -0.2) is 37.3 Å². The first kappa shape index (κ1) is 15.0. The van der Waals surface area contributed by atoms with Crippen molar-refractivity contribution in [3.05, 3.63) is 29.3 Å². The fraction of sp³-hybridized carbons (Fsp3) is 0.571. The normalized spacial score (nSPS) is 12.8. The molecule has 0 saturated carbocycles. The van der Waals surface area contributed by atoms with E-state index >= 15 is 0 Å². The largest absolute Gasteiger partial charge is 0.493 e. The van der Waals surface area contributed by atoms with Crippen molar-refractivity contribution in [1.82, 2.24) is 4.90 Å². The minimum atomic E-state index is -0.328. The van der Waals surface area contributed by atoms with Gasteiger partial charge in [0.05, 0.1) is 19.3 Å². The van der Waals surface area contributed by atoms with E-state index in [0.717, 1.165) is 29.8 Å². The molecule has 0 saturated heterocycles. The Bertz CT molecular complexity index is 367. The standard InChI is InChI=1S/C14H24N2O2/c1-4-7-18-14-6-5-11(13(15)10-17)8-12(14)9-16(2)3/h5-6,8,13,17H,4,7,9-10,15H2,1-3H3/t13-/m1/s1. The van der Waals surface area contributed by atoms with Gasteiger partial charge in [0.2, 0.25) is 0 Å². The van der Waals surface area contributed by atoms with Gasteiger partial charge in [-0.1, -0.05) is 13.0 Å². The molecular weight excluding hydrogens is 228 g/mol. The zero-order valence-electron chi connectivity index (χ0n) is 11.5. The quantitative estimate of drug-likeness (QED) is 0.772. The first-order valence-electron chi connectivity index (χ1n) is 6.35. The van der Waals surface area contributed by atoms with Gasteiger partial charge in [-0.3, -0.25) is 0 Å². The van der Waals surface area contributed by atoms with Gasteiger partial charge in [-0.25, -0.2) is 0 Å². The fourth-order valence-electron chi connectivity index (χ4n) is 1.75. The molecular formula is C14H24N2O2. The van der Waals surface area contributed by atoms with Crippen LogP contribution in [0, 0.1) is 0 Å². The SMILES string of the molecule is CCCOc1ccc([C@H](N)CO)cc1CN(C)C. The van der Waals surface area contributed by atoms with E-state index in [2.05, 4.69) is 11.8 Å². The summed E-state index contributed by atoms with van der Waals surface area (Å²) in [6.07, 6.45) is 0.985. The van der Waals surface area contributed by atoms with Crippen molar-refractivity contribution in [2.24, 2.45) is 5.73 Å². The number of nitrogens with zero attached hydrogens (tertiary/aromatic N) is 1. The molecule has 0 radical (unpaired) electrons. The van der Waals surface area contributed by atoms with Gasteiger partial charge >= 0.3 is 0 Å². The zero-order valence-corrected chi connectivity index (χ0v) is 11.5. The number of aliphatic hydroxyl groups is 1. The smallest absolute Gasteiger partial charge is 0.123 e. The van der Waals surface area contributed by atoms with E-state index in [1.54, 1.807) is 0 Å². The Balaban J connectivity index is 2.95. The van der Waals surface area contributed by atoms with Gasteiger partial charge in [-0.2, -0.15) is 0 Å². The van der Waals surface area contributed by atoms with E-state index in [1.807, 2.05) is 32.3 Å². The third kappa shape index (κ3) is 4.29. The average Bonchev–Trinajstić information content (AvgIpc) is 2.35. The Labute approximate surface area is 109 Å². The van der Waals surface area contributed by atoms with Gasteiger partial charge in [0, 0.05) is 12.1 Å². The minimum Gasteiger partial charge on any atom is -0.493 e. The minimum absolute atomic E-state index is 0.0451. The van der Waals surface area contributed by atoms with Crippen LogP contribution in [0.4, 0.5) is 0 Å². The van der Waals surface area contributed by atoms with Gasteiger partial charge in [0.1, 0.15) is 5.75 Å². The molecule has 1 aromatic carbocycles. The number of ether oxygens (including phenoxy) is 1. The topological polar surface area (TPSA) is 58.7 Å². The van der Waals surface area contributed by atoms with Crippen LogP contribution in [0.5, 0.6) is 5.75 Å². The predicted molar refractivity (Wildman–Crippen MR) is 73.6 cm³/mol. The molecule has 102 valence electrons. The predicted octanol–water partition coefficient (Wildman–Crippen LogP) is 1.53. The van der Waals surface area contributed by atoms with Gasteiger partial charge in [-0.15, -0.1) is 0 Å². The Morgan fingerprint density at radius 3 is 2.67 bits per heavy atom. The number of hydrogen-bond donors (Lipinski definition) is 2. The fourth-order valence-corrected chi connectivity index (χ4v) is 1.75. The summed E-state index contributed by atoms with van der Waals surface area (Å²) in [6, 6.07) is 5.56. The molecule has 0 spiro atoms. The third-order valence-electron chi connectivity index (χ3n) is 2.66. The highest BCUT2D eigenvalue weighted by Gasteiger charge is 2.10. The second-order valence-electron chi connectivity index (χ2n) is 4.74. The van der Waals surface area contributed by atoms with Gasteiger partial charge in [0.15, 0.2) is 0 Å². The van der Waals surface area contributed by atoms with Crippen molar-refractivity contribution in [2.75, 3.05) is 27.3 Å². The lowest BCUT2D eigenvalue weighted by Crippen LogP contribution is -2.17. The first-order valence-corrected chi connectivity index (χ1v) is 6.35. The summed E-state index contributed by atoms with van der Waals surface area (Å²) < 4.78 is 5.73. The lowest BCUT2D eigenvalue weighted by molar-refractivity contribution is 0.267. The summed E-state index contributed by atoms with van der Waals surface area (Å²) in [7, 11) is 4.03. The molecule has 1 aromatic rings. The van der Waals surface area contributed by atoms with Crippen LogP contribution >= 0.6 is 0 Å². The summed E-state index contributed by atoms with van der Waals surface area (Å²) in [5.41, 5.74) is 7.89. The van der Waals surface area contributed by atoms with E-state index in [4.69, 9.17) is 15.6 Å². The van der Waals surface area contributed by atoms with E-state index in [-0.39, 0.29) is 12.6 Å². The van der Waals surface area contributed by atoms with Crippen molar-refractivity contribution in [1.29, 1.82) is 0 Å². The summed E-state index contributed by atoms with van der Waals surface area (Å²) in [5.74, 6) is 0.902. The van der Waals surface area contributed by atoms with Crippen LogP contribution in [0.15, 0.2) is 18.2 Å². The Hall–Kier alpha value is -1.10. The zero-order chi connectivity index (χ0) is 13.5. The van der Waals surface area contributed by atoms with Crippen LogP contribution < -0.4 is 10.5 Å². The molecule has 0 heterocycles. The molecule has 0 unspecified atom stereocenters. The Kier molecular flexibility index (Phi) is 6.12. The summed E-state index contributed by atoms with van der Waals surface area (Å²) >= 11 is 0. The first-order chi connectivity index (χ1) is 8.58. The van der Waals surface area contributed by atoms with E-state index < -0.39 is 0 Å². The second-order valence-corrected chi connectivity index (χ2v) is 4.74. The number of hydrogen-bond acceptors (Lipinski definition) is 4. The highest BCUT2D eigenvalue weighted by molar-refractivity contribution is 5.38. The van der Waals surface area contributed by atoms with Crippen LogP contribution in [0.1, 0.15) is 30.5 Å². The molecule has 0 aliphatic heterocycles. The monoisotopic (exact) mass is 252 g/mol. The molecule has 3 N–H and O–H groups in total. The van der Waals surface area contributed by atoms with Crippen molar-refractivity contribution in [2.45, 2.75) is 25.9 Å². The lowest BCUT2D eigenvalue weighted by atomic mass is 10.0. The lowest BCUT2D eigenvalue weighted by Gasteiger charge is -2.17. The molecule has 4 nitrogen and oxygen atoms in total. The Morgan fingerprint density at radius 1 is 1.39 bits per heavy atom. The molecule has 18 heavy (non-hydrogen) atoms. The average molecular weight is 252 g/mol. The maximum Gasteiger partial charge on any atom is 0.123 e. The molecule has 0 bridgehead atoms. The molecule has 1 atom stereocenters. The number of benzene rings is 1. The van der Waals surface area contributed by atoms with Crippen LogP contribution in [0.3, 0.4) is 0 Å². The highest BCUT2D eigenvalue weighted by atomic mass is 16.5. The molecule has 0 fully saturated rings. The van der Waals surface area contributed by atoms with Crippen molar-refractivity contribution >= 4 is 0 Å². The number of rotatable bonds is 7. The summed E-state index contributed by atoms with van der Waals surface area (Å²) in [4.78, 5) is 2.09. The number of aliphatic hydroxyl groups excluding tert-OH is 1. The van der Waals surface area contributed by atoms with E-state index in [9.17, 15) is 0 Å².